The number of para-hydroxylation sites is 2. The van der Waals surface area contributed by atoms with Crippen LogP contribution in [0, 0.1) is 12.1 Å². The molecule has 0 radical (unpaired) electrons. The fourth-order valence-electron chi connectivity index (χ4n) is 3.74. The molecule has 0 aliphatic carbocycles. The summed E-state index contributed by atoms with van der Waals surface area (Å²) < 4.78 is 6.49. The molecule has 4 rings (SSSR count). The fraction of sp³-hybridized carbons (Fsp3) is 0.129. The first-order chi connectivity index (χ1) is 16.7. The summed E-state index contributed by atoms with van der Waals surface area (Å²) in [5.74, 6) is 0.783. The predicted octanol–water partition coefficient (Wildman–Crippen LogP) is 7.03. The molecule has 0 fully saturated rings. The van der Waals surface area contributed by atoms with Crippen LogP contribution in [-0.2, 0) is 21.5 Å². The molecule has 0 spiro atoms. The number of benzene rings is 4. The summed E-state index contributed by atoms with van der Waals surface area (Å²) in [6, 6.07) is 38.1. The second-order valence-corrected chi connectivity index (χ2v) is 8.41. The van der Waals surface area contributed by atoms with Gasteiger partial charge >= 0.3 is 211 Å². The van der Waals surface area contributed by atoms with Crippen LogP contribution < -0.4 is 9.64 Å². The Morgan fingerprint density at radius 1 is 0.882 bits per heavy atom. The quantitative estimate of drug-likeness (QED) is 0.176. The zero-order valence-electron chi connectivity index (χ0n) is 19.2. The summed E-state index contributed by atoms with van der Waals surface area (Å²) in [4.78, 5) is 2.03. The summed E-state index contributed by atoms with van der Waals surface area (Å²) in [5, 5.41) is 0. The molecule has 4 aromatic rings. The van der Waals surface area contributed by atoms with E-state index in [4.69, 9.17) is 19.8 Å². The molecule has 0 N–H and O–H groups in total. The average Bonchev–Trinajstić information content (AvgIpc) is 2.90. The first-order valence-corrected chi connectivity index (χ1v) is 11.9. The zero-order valence-corrected chi connectivity index (χ0v) is 20.2. The van der Waals surface area contributed by atoms with Gasteiger partial charge in [-0.25, -0.2) is 0 Å². The molecule has 0 bridgehead atoms. The molecule has 0 saturated carbocycles. The minimum atomic E-state index is 0.783. The van der Waals surface area contributed by atoms with E-state index < -0.39 is 0 Å². The van der Waals surface area contributed by atoms with Crippen LogP contribution in [0.3, 0.4) is 0 Å². The van der Waals surface area contributed by atoms with Crippen LogP contribution in [0.4, 0.5) is 5.69 Å². The Balaban J connectivity index is 1.52. The van der Waals surface area contributed by atoms with Crippen LogP contribution in [0.1, 0.15) is 24.0 Å². The van der Waals surface area contributed by atoms with Crippen molar-refractivity contribution >= 4 is 10.3 Å². The first-order valence-electron chi connectivity index (χ1n) is 11.4. The Hall–Kier alpha value is -3.42. The fourth-order valence-corrected chi connectivity index (χ4v) is 4.09. The maximum atomic E-state index is 5.62. The minimum absolute atomic E-state index is 0.783. The van der Waals surface area contributed by atoms with Gasteiger partial charge in [0.05, 0.1) is 0 Å². The summed E-state index contributed by atoms with van der Waals surface area (Å²) in [5.41, 5.74) is 5.51. The molecule has 0 heterocycles. The molecule has 0 saturated heterocycles. The van der Waals surface area contributed by atoms with E-state index >= 15 is 0 Å². The third-order valence-electron chi connectivity index (χ3n) is 5.53. The Morgan fingerprint density at radius 2 is 1.59 bits per heavy atom. The maximum absolute atomic E-state index is 5.62. The van der Waals surface area contributed by atoms with Gasteiger partial charge in [0.1, 0.15) is 0 Å². The number of anilines is 1. The molecule has 0 atom stereocenters. The van der Waals surface area contributed by atoms with Gasteiger partial charge in [0.25, 0.3) is 0 Å². The SMILES string of the molecule is COc1ccccc1N(C=[C-]c1ccc(-c2ccccc2)cc1)[C](=[Ni])CCCc1[c-]cccc1. The van der Waals surface area contributed by atoms with Crippen LogP contribution in [0.25, 0.3) is 11.1 Å². The van der Waals surface area contributed by atoms with Crippen molar-refractivity contribution in [3.63, 3.8) is 0 Å². The second kappa shape index (κ2) is 12.2. The molecule has 0 unspecified atom stereocenters. The second-order valence-electron chi connectivity index (χ2n) is 7.84. The van der Waals surface area contributed by atoms with Crippen LogP contribution >= 0.6 is 0 Å². The Labute approximate surface area is 210 Å². The molecular formula is C31H27NNiO-2. The molecular weight excluding hydrogens is 461 g/mol. The van der Waals surface area contributed by atoms with Gasteiger partial charge in [0, 0.05) is 0 Å². The zero-order chi connectivity index (χ0) is 23.6. The Kier molecular flexibility index (Phi) is 8.49. The molecule has 0 aliphatic rings. The van der Waals surface area contributed by atoms with Crippen LogP contribution in [0.15, 0.2) is 109 Å². The van der Waals surface area contributed by atoms with E-state index in [9.17, 15) is 0 Å². The van der Waals surface area contributed by atoms with Gasteiger partial charge < -0.3 is 0 Å². The van der Waals surface area contributed by atoms with Crippen molar-refractivity contribution in [1.82, 2.24) is 0 Å². The number of methoxy groups -OCH3 is 1. The van der Waals surface area contributed by atoms with Crippen molar-refractivity contribution in [2.45, 2.75) is 19.3 Å². The van der Waals surface area contributed by atoms with E-state index in [-0.39, 0.29) is 0 Å². The topological polar surface area (TPSA) is 12.5 Å². The number of rotatable bonds is 10. The van der Waals surface area contributed by atoms with Gasteiger partial charge in [0.15, 0.2) is 0 Å². The predicted molar refractivity (Wildman–Crippen MR) is 137 cm³/mol. The summed E-state index contributed by atoms with van der Waals surface area (Å²) >= 11 is 5.50. The molecule has 2 nitrogen and oxygen atoms in total. The number of ether oxygens (including phenoxy) is 1. The van der Waals surface area contributed by atoms with Gasteiger partial charge in [-0.15, -0.1) is 0 Å². The third kappa shape index (κ3) is 6.34. The van der Waals surface area contributed by atoms with Gasteiger partial charge in [-0.05, 0) is 0 Å². The van der Waals surface area contributed by atoms with E-state index in [1.807, 2.05) is 53.6 Å². The van der Waals surface area contributed by atoms with Crippen LogP contribution in [-0.4, -0.2) is 11.7 Å². The molecule has 3 heteroatoms. The van der Waals surface area contributed by atoms with Crippen LogP contribution in [0.5, 0.6) is 5.75 Å². The molecule has 4 aromatic carbocycles. The van der Waals surface area contributed by atoms with Crippen molar-refractivity contribution in [3.05, 3.63) is 133 Å². The number of nitrogens with zero attached hydrogens (tertiary/aromatic N) is 1. The van der Waals surface area contributed by atoms with Crippen molar-refractivity contribution < 1.29 is 19.8 Å². The Bertz CT molecular complexity index is 1220. The molecule has 34 heavy (non-hydrogen) atoms. The van der Waals surface area contributed by atoms with Gasteiger partial charge in [-0.1, -0.05) is 0 Å². The Morgan fingerprint density at radius 3 is 2.32 bits per heavy atom. The van der Waals surface area contributed by atoms with E-state index in [0.717, 1.165) is 40.9 Å². The number of hydrogen-bond acceptors (Lipinski definition) is 2. The normalized spacial score (nSPS) is 10.9. The van der Waals surface area contributed by atoms with E-state index in [1.165, 1.54) is 16.7 Å². The van der Waals surface area contributed by atoms with Gasteiger partial charge in [-0.3, -0.25) is 0 Å². The van der Waals surface area contributed by atoms with Crippen molar-refractivity contribution in [3.8, 4) is 16.9 Å². The summed E-state index contributed by atoms with van der Waals surface area (Å²) in [6.07, 6.45) is 8.06. The van der Waals surface area contributed by atoms with Crippen LogP contribution in [0.2, 0.25) is 0 Å². The summed E-state index contributed by atoms with van der Waals surface area (Å²) in [7, 11) is 1.68. The average molecular weight is 488 g/mol. The van der Waals surface area contributed by atoms with Crippen molar-refractivity contribution in [1.29, 1.82) is 0 Å². The number of aryl methyl sites for hydroxylation is 1. The van der Waals surface area contributed by atoms with E-state index in [2.05, 4.69) is 72.8 Å². The monoisotopic (exact) mass is 487 g/mol. The van der Waals surface area contributed by atoms with Crippen molar-refractivity contribution in [2.24, 2.45) is 0 Å². The van der Waals surface area contributed by atoms with Gasteiger partial charge in [-0.2, -0.15) is 0 Å². The van der Waals surface area contributed by atoms with Gasteiger partial charge in [0.2, 0.25) is 0 Å². The molecule has 174 valence electrons. The summed E-state index contributed by atoms with van der Waals surface area (Å²) in [6.45, 7) is 0. The van der Waals surface area contributed by atoms with E-state index in [0.29, 0.717) is 0 Å². The number of hydrogen-bond donors (Lipinski definition) is 0. The standard InChI is InChI=1S/C31H27NO.Ni/c1-33-31-18-9-8-17-30(31)32(24-11-10-14-26-12-4-2-5-13-26)25-23-27-19-21-29(22-20-27)28-15-6-3-7-16-28;/h2-9,12,15-22,25H,10-11,14H2,1H3;/q-2;. The third-order valence-corrected chi connectivity index (χ3v) is 6.02. The molecule has 0 aromatic heterocycles. The molecule has 0 aliphatic heterocycles. The van der Waals surface area contributed by atoms with E-state index in [1.54, 1.807) is 7.11 Å². The molecule has 0 amide bonds. The van der Waals surface area contributed by atoms with Crippen molar-refractivity contribution in [2.75, 3.05) is 12.0 Å². The first kappa shape index (κ1) is 23.7.